The Labute approximate surface area is 175 Å². The first-order valence-corrected chi connectivity index (χ1v) is 9.74. The van der Waals surface area contributed by atoms with Crippen LogP contribution in [0.2, 0.25) is 0 Å². The number of hydrogen-bond donors (Lipinski definition) is 3. The zero-order chi connectivity index (χ0) is 21.1. The average molecular weight is 405 g/mol. The summed E-state index contributed by atoms with van der Waals surface area (Å²) in [6.45, 7) is 3.69. The molecule has 2 aromatic carbocycles. The highest BCUT2D eigenvalue weighted by Gasteiger charge is 2.49. The van der Waals surface area contributed by atoms with E-state index in [0.29, 0.717) is 25.4 Å². The summed E-state index contributed by atoms with van der Waals surface area (Å²) in [6.07, 6.45) is 0. The van der Waals surface area contributed by atoms with Crippen LogP contribution in [-0.2, 0) is 23.4 Å². The molecule has 4 rings (SSSR count). The van der Waals surface area contributed by atoms with Crippen LogP contribution in [0.3, 0.4) is 0 Å². The molecule has 2 aliphatic rings. The van der Waals surface area contributed by atoms with E-state index in [2.05, 4.69) is 27.4 Å². The molecule has 7 heteroatoms. The molecule has 0 aromatic heterocycles. The Morgan fingerprint density at radius 3 is 2.57 bits per heavy atom. The summed E-state index contributed by atoms with van der Waals surface area (Å²) >= 11 is 0. The number of imide groups is 1. The molecule has 1 atom stereocenters. The number of urea groups is 1. The van der Waals surface area contributed by atoms with Crippen LogP contribution in [0.5, 0.6) is 5.75 Å². The van der Waals surface area contributed by atoms with Gasteiger partial charge in [0.05, 0.1) is 0 Å². The lowest BCUT2D eigenvalue weighted by atomic mass is 9.88. The molecular formula is C23H23N3O4. The van der Waals surface area contributed by atoms with Crippen LogP contribution in [0.1, 0.15) is 22.3 Å². The highest BCUT2D eigenvalue weighted by atomic mass is 16.5. The summed E-state index contributed by atoms with van der Waals surface area (Å²) < 4.78 is 5.61. The van der Waals surface area contributed by atoms with Crippen LogP contribution in [0.15, 0.2) is 42.5 Å². The van der Waals surface area contributed by atoms with Gasteiger partial charge in [-0.3, -0.25) is 15.0 Å². The smallest absolute Gasteiger partial charge is 0.322 e. The molecule has 2 aromatic rings. The Hall–Kier alpha value is -3.34. The first-order valence-electron chi connectivity index (χ1n) is 9.74. The van der Waals surface area contributed by atoms with Gasteiger partial charge in [-0.2, -0.15) is 0 Å². The minimum absolute atomic E-state index is 0.185. The molecule has 0 radical (unpaired) electrons. The fourth-order valence-corrected chi connectivity index (χ4v) is 3.94. The Bertz CT molecular complexity index is 1040. The summed E-state index contributed by atoms with van der Waals surface area (Å²) in [5.41, 5.74) is 3.01. The van der Waals surface area contributed by atoms with E-state index >= 15 is 0 Å². The number of amides is 3. The molecule has 2 aliphatic heterocycles. The third kappa shape index (κ3) is 3.88. The van der Waals surface area contributed by atoms with Crippen molar-refractivity contribution in [2.24, 2.45) is 0 Å². The van der Waals surface area contributed by atoms with Crippen molar-refractivity contribution < 1.29 is 19.4 Å². The first kappa shape index (κ1) is 20.0. The Balaban J connectivity index is 1.52. The van der Waals surface area contributed by atoms with Crippen LogP contribution in [0.25, 0.3) is 0 Å². The number of fused-ring (bicyclic) bond motifs is 1. The van der Waals surface area contributed by atoms with Crippen molar-refractivity contribution in [1.29, 1.82) is 0 Å². The first-order chi connectivity index (χ1) is 14.5. The number of aliphatic hydroxyl groups excluding tert-OH is 1. The van der Waals surface area contributed by atoms with Gasteiger partial charge in [-0.15, -0.1) is 0 Å². The van der Waals surface area contributed by atoms with Gasteiger partial charge in [0.1, 0.15) is 19.0 Å². The number of aliphatic hydroxyl groups is 1. The lowest BCUT2D eigenvalue weighted by Gasteiger charge is -2.31. The average Bonchev–Trinajstić information content (AvgIpc) is 3.25. The molecule has 1 fully saturated rings. The SMILES string of the molecule is Cc1ccc([C@]2(CN3Cc4ccc(OCC#CCO)cc4C3)NC(=O)NC2=O)cc1. The third-order valence-electron chi connectivity index (χ3n) is 5.43. The summed E-state index contributed by atoms with van der Waals surface area (Å²) in [5, 5.41) is 13.9. The quantitative estimate of drug-likeness (QED) is 0.517. The number of carbonyl (C=O) groups is 2. The van der Waals surface area contributed by atoms with Crippen molar-refractivity contribution in [2.75, 3.05) is 19.8 Å². The van der Waals surface area contributed by atoms with E-state index in [1.54, 1.807) is 0 Å². The zero-order valence-corrected chi connectivity index (χ0v) is 16.7. The second-order valence-corrected chi connectivity index (χ2v) is 7.56. The molecule has 3 N–H and O–H groups in total. The van der Waals surface area contributed by atoms with Crippen LogP contribution in [0.4, 0.5) is 4.79 Å². The fraction of sp³-hybridized carbons (Fsp3) is 0.304. The molecule has 2 heterocycles. The van der Waals surface area contributed by atoms with E-state index < -0.39 is 11.6 Å². The molecule has 1 saturated heterocycles. The number of carbonyl (C=O) groups excluding carboxylic acids is 2. The standard InChI is InChI=1S/C23H23N3O4/c1-16-4-7-19(8-5-16)23(21(28)24-22(29)25-23)15-26-13-17-6-9-20(12-18(17)14-26)30-11-3-2-10-27/h4-9,12,27H,10-11,13-15H2,1H3,(H2,24,25,28,29)/t23-/m0/s1. The highest BCUT2D eigenvalue weighted by Crippen LogP contribution is 2.32. The van der Waals surface area contributed by atoms with Gasteiger partial charge in [0.15, 0.2) is 5.54 Å². The Kier molecular flexibility index (Phi) is 5.44. The number of rotatable bonds is 5. The minimum Gasteiger partial charge on any atom is -0.481 e. The minimum atomic E-state index is -1.12. The topological polar surface area (TPSA) is 90.9 Å². The van der Waals surface area contributed by atoms with Crippen molar-refractivity contribution in [3.63, 3.8) is 0 Å². The van der Waals surface area contributed by atoms with Crippen molar-refractivity contribution in [2.45, 2.75) is 25.6 Å². The molecule has 0 saturated carbocycles. The number of benzene rings is 2. The van der Waals surface area contributed by atoms with Gasteiger partial charge in [-0.1, -0.05) is 47.7 Å². The molecule has 154 valence electrons. The van der Waals surface area contributed by atoms with Gasteiger partial charge in [-0.05, 0) is 35.7 Å². The zero-order valence-electron chi connectivity index (χ0n) is 16.7. The van der Waals surface area contributed by atoms with Crippen LogP contribution >= 0.6 is 0 Å². The van der Waals surface area contributed by atoms with Crippen molar-refractivity contribution in [3.05, 3.63) is 64.7 Å². The van der Waals surface area contributed by atoms with E-state index in [-0.39, 0.29) is 19.1 Å². The highest BCUT2D eigenvalue weighted by molar-refractivity contribution is 6.07. The second-order valence-electron chi connectivity index (χ2n) is 7.56. The summed E-state index contributed by atoms with van der Waals surface area (Å²) in [7, 11) is 0. The number of nitrogens with one attached hydrogen (secondary N) is 2. The number of aryl methyl sites for hydroxylation is 1. The molecule has 30 heavy (non-hydrogen) atoms. The maximum atomic E-state index is 12.8. The van der Waals surface area contributed by atoms with E-state index in [4.69, 9.17) is 9.84 Å². The largest absolute Gasteiger partial charge is 0.481 e. The fourth-order valence-electron chi connectivity index (χ4n) is 3.94. The van der Waals surface area contributed by atoms with Gasteiger partial charge in [0.25, 0.3) is 5.91 Å². The van der Waals surface area contributed by atoms with Gasteiger partial charge >= 0.3 is 6.03 Å². The van der Waals surface area contributed by atoms with E-state index in [9.17, 15) is 9.59 Å². The molecule has 0 unspecified atom stereocenters. The van der Waals surface area contributed by atoms with E-state index in [0.717, 1.165) is 22.3 Å². The lowest BCUT2D eigenvalue weighted by molar-refractivity contribution is -0.125. The molecule has 0 spiro atoms. The van der Waals surface area contributed by atoms with Crippen LogP contribution in [0, 0.1) is 18.8 Å². The summed E-state index contributed by atoms with van der Waals surface area (Å²) in [4.78, 5) is 26.9. The van der Waals surface area contributed by atoms with Gasteiger partial charge in [0.2, 0.25) is 0 Å². The number of ether oxygens (including phenoxy) is 1. The molecule has 7 nitrogen and oxygen atoms in total. The summed E-state index contributed by atoms with van der Waals surface area (Å²) in [6, 6.07) is 13.1. The third-order valence-corrected chi connectivity index (χ3v) is 5.43. The van der Waals surface area contributed by atoms with Crippen LogP contribution in [-0.4, -0.2) is 41.7 Å². The predicted octanol–water partition coefficient (Wildman–Crippen LogP) is 1.42. The number of hydrogen-bond acceptors (Lipinski definition) is 5. The van der Waals surface area contributed by atoms with Crippen LogP contribution < -0.4 is 15.4 Å². The molecule has 3 amide bonds. The lowest BCUT2D eigenvalue weighted by Crippen LogP contribution is -2.51. The Morgan fingerprint density at radius 2 is 1.87 bits per heavy atom. The van der Waals surface area contributed by atoms with Gasteiger partial charge in [0, 0.05) is 19.6 Å². The van der Waals surface area contributed by atoms with Gasteiger partial charge in [-0.25, -0.2) is 4.79 Å². The van der Waals surface area contributed by atoms with Crippen molar-refractivity contribution in [1.82, 2.24) is 15.5 Å². The molecular weight excluding hydrogens is 382 g/mol. The Morgan fingerprint density at radius 1 is 1.10 bits per heavy atom. The van der Waals surface area contributed by atoms with Gasteiger partial charge < -0.3 is 15.2 Å². The normalized spacial score (nSPS) is 20.2. The van der Waals surface area contributed by atoms with E-state index in [1.165, 1.54) is 0 Å². The maximum Gasteiger partial charge on any atom is 0.322 e. The second kappa shape index (κ2) is 8.19. The van der Waals surface area contributed by atoms with Crippen molar-refractivity contribution >= 4 is 11.9 Å². The monoisotopic (exact) mass is 405 g/mol. The predicted molar refractivity (Wildman–Crippen MR) is 110 cm³/mol. The molecule has 0 aliphatic carbocycles. The number of nitrogens with zero attached hydrogens (tertiary/aromatic N) is 1. The van der Waals surface area contributed by atoms with Crippen molar-refractivity contribution in [3.8, 4) is 17.6 Å². The van der Waals surface area contributed by atoms with E-state index in [1.807, 2.05) is 49.4 Å². The molecule has 0 bridgehead atoms. The maximum absolute atomic E-state index is 12.8. The summed E-state index contributed by atoms with van der Waals surface area (Å²) in [5.74, 6) is 5.65.